The Bertz CT molecular complexity index is 951. The molecule has 0 aromatic heterocycles. The molecule has 2 amide bonds. The summed E-state index contributed by atoms with van der Waals surface area (Å²) in [5.74, 6) is 0.0360. The minimum absolute atomic E-state index is 0.0357. The van der Waals surface area contributed by atoms with Crippen molar-refractivity contribution in [2.45, 2.75) is 26.3 Å². The smallest absolute Gasteiger partial charge is 0.338 e. The number of ether oxygens (including phenoxy) is 2. The Morgan fingerprint density at radius 3 is 2.33 bits per heavy atom. The summed E-state index contributed by atoms with van der Waals surface area (Å²) in [5, 5.41) is 5.44. The van der Waals surface area contributed by atoms with E-state index in [1.807, 2.05) is 30.3 Å². The fourth-order valence-electron chi connectivity index (χ4n) is 3.17. The molecule has 7 nitrogen and oxygen atoms in total. The molecule has 3 rings (SSSR count). The first kappa shape index (κ1) is 21.1. The molecule has 0 saturated heterocycles. The number of ketones is 1. The van der Waals surface area contributed by atoms with Crippen molar-refractivity contribution in [1.82, 2.24) is 10.6 Å². The van der Waals surface area contributed by atoms with E-state index in [0.717, 1.165) is 5.56 Å². The molecule has 2 aromatic rings. The molecule has 1 unspecified atom stereocenters. The van der Waals surface area contributed by atoms with Crippen molar-refractivity contribution in [2.24, 2.45) is 0 Å². The monoisotopic (exact) mass is 408 g/mol. The predicted octanol–water partition coefficient (Wildman–Crippen LogP) is 3.53. The summed E-state index contributed by atoms with van der Waals surface area (Å²) >= 11 is 0. The van der Waals surface area contributed by atoms with Gasteiger partial charge in [-0.3, -0.25) is 4.79 Å². The summed E-state index contributed by atoms with van der Waals surface area (Å²) in [4.78, 5) is 36.7. The maximum Gasteiger partial charge on any atom is 0.338 e. The maximum atomic E-state index is 12.7. The molecule has 1 heterocycles. The second-order valence-corrected chi connectivity index (χ2v) is 6.64. The maximum absolute atomic E-state index is 12.7. The normalized spacial score (nSPS) is 15.8. The molecule has 7 heteroatoms. The number of hydrogen-bond acceptors (Lipinski definition) is 5. The molecule has 0 fully saturated rings. The molecular weight excluding hydrogens is 384 g/mol. The Morgan fingerprint density at radius 2 is 1.70 bits per heavy atom. The van der Waals surface area contributed by atoms with Crippen LogP contribution in [0.5, 0.6) is 5.75 Å². The quantitative estimate of drug-likeness (QED) is 0.515. The van der Waals surface area contributed by atoms with Crippen molar-refractivity contribution < 1.29 is 23.9 Å². The summed E-state index contributed by atoms with van der Waals surface area (Å²) in [6.07, 6.45) is 0.426. The van der Waals surface area contributed by atoms with Gasteiger partial charge in [-0.2, -0.15) is 0 Å². The highest BCUT2D eigenvalue weighted by Crippen LogP contribution is 2.28. The van der Waals surface area contributed by atoms with Crippen molar-refractivity contribution in [3.63, 3.8) is 0 Å². The molecule has 1 atom stereocenters. The van der Waals surface area contributed by atoms with Crippen LogP contribution >= 0.6 is 0 Å². The number of carbonyl (C=O) groups excluding carboxylic acids is 3. The number of urea groups is 1. The van der Waals surface area contributed by atoms with Crippen LogP contribution in [0.3, 0.4) is 0 Å². The topological polar surface area (TPSA) is 93.7 Å². The number of rotatable bonds is 8. The lowest BCUT2D eigenvalue weighted by Crippen LogP contribution is -2.47. The van der Waals surface area contributed by atoms with Crippen LogP contribution in [0.1, 0.15) is 42.2 Å². The Kier molecular flexibility index (Phi) is 6.85. The van der Waals surface area contributed by atoms with Gasteiger partial charge < -0.3 is 20.1 Å². The largest absolute Gasteiger partial charge is 0.487 e. The Balaban J connectivity index is 1.88. The molecule has 1 aliphatic rings. The van der Waals surface area contributed by atoms with Crippen LogP contribution in [0.4, 0.5) is 4.79 Å². The molecule has 0 spiro atoms. The van der Waals surface area contributed by atoms with Crippen LogP contribution in [0.25, 0.3) is 0 Å². The molecule has 1 aliphatic heterocycles. The average Bonchev–Trinajstić information content (AvgIpc) is 2.77. The zero-order valence-electron chi connectivity index (χ0n) is 16.9. The molecule has 30 heavy (non-hydrogen) atoms. The Hall–Kier alpha value is -3.61. The van der Waals surface area contributed by atoms with E-state index >= 15 is 0 Å². The molecule has 0 aliphatic carbocycles. The fraction of sp³-hybridized carbons (Fsp3) is 0.261. The van der Waals surface area contributed by atoms with Crippen molar-refractivity contribution >= 4 is 17.8 Å². The van der Waals surface area contributed by atoms with Crippen LogP contribution in [0.15, 0.2) is 65.9 Å². The molecule has 156 valence electrons. The highest BCUT2D eigenvalue weighted by molar-refractivity contribution is 5.96. The molecular formula is C23H24N2O5. The first-order valence-corrected chi connectivity index (χ1v) is 9.82. The standard InChI is InChI=1S/C23H24N2O5/c1-3-19(26)15-10-12-17(13-11-15)30-14-18-20(22(27)29-4-2)21(25-23(28)24-18)16-8-6-5-7-9-16/h5-13,21H,3-4,14H2,1-2H3,(H2,24,25,28). The van der Waals surface area contributed by atoms with Gasteiger partial charge in [-0.1, -0.05) is 37.3 Å². The van der Waals surface area contributed by atoms with E-state index < -0.39 is 18.0 Å². The van der Waals surface area contributed by atoms with Crippen LogP contribution in [-0.2, 0) is 9.53 Å². The third-order valence-corrected chi connectivity index (χ3v) is 4.66. The van der Waals surface area contributed by atoms with E-state index in [0.29, 0.717) is 29.0 Å². The summed E-state index contributed by atoms with van der Waals surface area (Å²) in [6.45, 7) is 3.70. The number of nitrogens with one attached hydrogen (secondary N) is 2. The summed E-state index contributed by atoms with van der Waals surface area (Å²) in [7, 11) is 0. The van der Waals surface area contributed by atoms with Gasteiger partial charge in [-0.15, -0.1) is 0 Å². The van der Waals surface area contributed by atoms with E-state index in [1.54, 1.807) is 38.1 Å². The fourth-order valence-corrected chi connectivity index (χ4v) is 3.17. The van der Waals surface area contributed by atoms with Crippen LogP contribution < -0.4 is 15.4 Å². The van der Waals surface area contributed by atoms with E-state index in [-0.39, 0.29) is 19.0 Å². The van der Waals surface area contributed by atoms with Crippen molar-refractivity contribution in [1.29, 1.82) is 0 Å². The first-order valence-electron chi connectivity index (χ1n) is 9.82. The highest BCUT2D eigenvalue weighted by atomic mass is 16.5. The molecule has 0 saturated carbocycles. The van der Waals surface area contributed by atoms with Gasteiger partial charge in [0.15, 0.2) is 5.78 Å². The SMILES string of the molecule is CCOC(=O)C1=C(COc2ccc(C(=O)CC)cc2)NC(=O)NC1c1ccccc1. The predicted molar refractivity (Wildman–Crippen MR) is 111 cm³/mol. The summed E-state index contributed by atoms with van der Waals surface area (Å²) < 4.78 is 11.0. The number of amides is 2. The minimum atomic E-state index is -0.651. The van der Waals surface area contributed by atoms with Crippen molar-refractivity contribution in [3.8, 4) is 5.75 Å². The van der Waals surface area contributed by atoms with Gasteiger partial charge in [0, 0.05) is 12.0 Å². The lowest BCUT2D eigenvalue weighted by atomic mass is 9.95. The second kappa shape index (κ2) is 9.73. The lowest BCUT2D eigenvalue weighted by molar-refractivity contribution is -0.139. The highest BCUT2D eigenvalue weighted by Gasteiger charge is 2.33. The van der Waals surface area contributed by atoms with Gasteiger partial charge in [0.1, 0.15) is 12.4 Å². The van der Waals surface area contributed by atoms with Gasteiger partial charge in [-0.05, 0) is 36.8 Å². The van der Waals surface area contributed by atoms with Gasteiger partial charge in [0.05, 0.1) is 23.9 Å². The second-order valence-electron chi connectivity index (χ2n) is 6.64. The Morgan fingerprint density at radius 1 is 1.00 bits per heavy atom. The van der Waals surface area contributed by atoms with Crippen molar-refractivity contribution in [3.05, 3.63) is 77.0 Å². The van der Waals surface area contributed by atoms with E-state index in [4.69, 9.17) is 9.47 Å². The zero-order chi connectivity index (χ0) is 21.5. The molecule has 0 bridgehead atoms. The van der Waals surface area contributed by atoms with Crippen LogP contribution in [-0.4, -0.2) is 31.0 Å². The minimum Gasteiger partial charge on any atom is -0.487 e. The number of carbonyl (C=O) groups is 3. The third-order valence-electron chi connectivity index (χ3n) is 4.66. The zero-order valence-corrected chi connectivity index (χ0v) is 16.9. The van der Waals surface area contributed by atoms with Gasteiger partial charge in [0.2, 0.25) is 0 Å². The third kappa shape index (κ3) is 4.86. The van der Waals surface area contributed by atoms with Crippen molar-refractivity contribution in [2.75, 3.05) is 13.2 Å². The number of benzene rings is 2. The van der Waals surface area contributed by atoms with E-state index in [2.05, 4.69) is 10.6 Å². The number of hydrogen-bond donors (Lipinski definition) is 2. The van der Waals surface area contributed by atoms with E-state index in [1.165, 1.54) is 0 Å². The summed E-state index contributed by atoms with van der Waals surface area (Å²) in [6, 6.07) is 14.9. The lowest BCUT2D eigenvalue weighted by Gasteiger charge is -2.29. The first-order chi connectivity index (χ1) is 14.5. The van der Waals surface area contributed by atoms with Crippen LogP contribution in [0, 0.1) is 0 Å². The Labute approximate surface area is 175 Å². The summed E-state index contributed by atoms with van der Waals surface area (Å²) in [5.41, 5.74) is 1.99. The van der Waals surface area contributed by atoms with Gasteiger partial charge in [0.25, 0.3) is 0 Å². The molecule has 2 aromatic carbocycles. The number of esters is 1. The van der Waals surface area contributed by atoms with Crippen LogP contribution in [0.2, 0.25) is 0 Å². The molecule has 0 radical (unpaired) electrons. The number of Topliss-reactive ketones (excluding diaryl/α,β-unsaturated/α-hetero) is 1. The van der Waals surface area contributed by atoms with Gasteiger partial charge in [-0.25, -0.2) is 9.59 Å². The average molecular weight is 408 g/mol. The molecule has 2 N–H and O–H groups in total. The van der Waals surface area contributed by atoms with E-state index in [9.17, 15) is 14.4 Å². The van der Waals surface area contributed by atoms with Gasteiger partial charge >= 0.3 is 12.0 Å².